The van der Waals surface area contributed by atoms with Crippen molar-refractivity contribution < 1.29 is 4.74 Å². The van der Waals surface area contributed by atoms with Crippen LogP contribution in [0.25, 0.3) is 0 Å². The van der Waals surface area contributed by atoms with Gasteiger partial charge < -0.3 is 4.74 Å². The summed E-state index contributed by atoms with van der Waals surface area (Å²) in [6.45, 7) is 8.82. The molecule has 0 aliphatic carbocycles. The van der Waals surface area contributed by atoms with E-state index >= 15 is 0 Å². The first-order valence-electron chi connectivity index (χ1n) is 6.12. The van der Waals surface area contributed by atoms with E-state index in [2.05, 4.69) is 24.8 Å². The Morgan fingerprint density at radius 2 is 1.76 bits per heavy atom. The number of ether oxygens (including phenoxy) is 1. The van der Waals surface area contributed by atoms with Gasteiger partial charge in [0.05, 0.1) is 11.6 Å². The molecule has 3 nitrogen and oxygen atoms in total. The zero-order chi connectivity index (χ0) is 12.7. The fourth-order valence-electron chi connectivity index (χ4n) is 1.85. The number of benzene rings is 1. The monoisotopic (exact) mass is 232 g/mol. The number of nitrogens with zero attached hydrogens (tertiary/aromatic N) is 2. The third-order valence-electron chi connectivity index (χ3n) is 2.79. The minimum atomic E-state index is -0.0113. The summed E-state index contributed by atoms with van der Waals surface area (Å²) >= 11 is 0. The van der Waals surface area contributed by atoms with Crippen LogP contribution >= 0.6 is 0 Å². The highest BCUT2D eigenvalue weighted by Gasteiger charge is 2.17. The lowest BCUT2D eigenvalue weighted by atomic mass is 10.1. The Kier molecular flexibility index (Phi) is 5.68. The maximum Gasteiger partial charge on any atom is 0.136 e. The lowest BCUT2D eigenvalue weighted by Gasteiger charge is -2.29. The first-order chi connectivity index (χ1) is 8.26. The SMILES string of the molecule is CCOC(c1ccc(C#N)cc1)N(CC)CC. The molecule has 92 valence electrons. The quantitative estimate of drug-likeness (QED) is 0.707. The summed E-state index contributed by atoms with van der Waals surface area (Å²) in [5.41, 5.74) is 1.79. The van der Waals surface area contributed by atoms with Crippen LogP contribution in [0.5, 0.6) is 0 Å². The van der Waals surface area contributed by atoms with Gasteiger partial charge in [0.2, 0.25) is 0 Å². The maximum absolute atomic E-state index is 8.78. The van der Waals surface area contributed by atoms with Crippen LogP contribution in [0.1, 0.15) is 38.1 Å². The van der Waals surface area contributed by atoms with Crippen molar-refractivity contribution in [3.05, 3.63) is 35.4 Å². The average Bonchev–Trinajstić information content (AvgIpc) is 2.39. The number of nitriles is 1. The molecular formula is C14H20N2O. The van der Waals surface area contributed by atoms with Crippen molar-refractivity contribution in [1.82, 2.24) is 4.90 Å². The Labute approximate surface area is 104 Å². The van der Waals surface area contributed by atoms with Crippen molar-refractivity contribution in [2.75, 3.05) is 19.7 Å². The molecule has 0 aliphatic heterocycles. The van der Waals surface area contributed by atoms with Crippen LogP contribution in [-0.4, -0.2) is 24.6 Å². The fraction of sp³-hybridized carbons (Fsp3) is 0.500. The van der Waals surface area contributed by atoms with E-state index in [0.29, 0.717) is 12.2 Å². The molecule has 0 saturated heterocycles. The van der Waals surface area contributed by atoms with Gasteiger partial charge in [0.25, 0.3) is 0 Å². The highest BCUT2D eigenvalue weighted by Crippen LogP contribution is 2.22. The van der Waals surface area contributed by atoms with Gasteiger partial charge in [0.15, 0.2) is 0 Å². The minimum Gasteiger partial charge on any atom is -0.359 e. The summed E-state index contributed by atoms with van der Waals surface area (Å²) in [6, 6.07) is 9.74. The predicted octanol–water partition coefficient (Wildman–Crippen LogP) is 2.94. The fourth-order valence-corrected chi connectivity index (χ4v) is 1.85. The normalized spacial score (nSPS) is 12.4. The molecule has 0 spiro atoms. The Morgan fingerprint density at radius 1 is 1.18 bits per heavy atom. The van der Waals surface area contributed by atoms with Gasteiger partial charge in [0.1, 0.15) is 6.23 Å². The Morgan fingerprint density at radius 3 is 2.18 bits per heavy atom. The first-order valence-corrected chi connectivity index (χ1v) is 6.12. The molecule has 0 aliphatic rings. The highest BCUT2D eigenvalue weighted by molar-refractivity contribution is 5.32. The van der Waals surface area contributed by atoms with Crippen LogP contribution in [0.2, 0.25) is 0 Å². The first kappa shape index (κ1) is 13.7. The van der Waals surface area contributed by atoms with E-state index in [-0.39, 0.29) is 6.23 Å². The zero-order valence-corrected chi connectivity index (χ0v) is 10.8. The van der Waals surface area contributed by atoms with Crippen molar-refractivity contribution >= 4 is 0 Å². The van der Waals surface area contributed by atoms with Crippen LogP contribution < -0.4 is 0 Å². The third-order valence-corrected chi connectivity index (χ3v) is 2.79. The van der Waals surface area contributed by atoms with Crippen molar-refractivity contribution in [2.45, 2.75) is 27.0 Å². The Bertz CT molecular complexity index is 363. The van der Waals surface area contributed by atoms with Crippen LogP contribution in [0.3, 0.4) is 0 Å². The van der Waals surface area contributed by atoms with Gasteiger partial charge in [-0.15, -0.1) is 0 Å². The average molecular weight is 232 g/mol. The van der Waals surface area contributed by atoms with E-state index in [1.165, 1.54) is 0 Å². The lowest BCUT2D eigenvalue weighted by Crippen LogP contribution is -2.30. The van der Waals surface area contributed by atoms with Gasteiger partial charge in [-0.2, -0.15) is 5.26 Å². The number of hydrogen-bond donors (Lipinski definition) is 0. The minimum absolute atomic E-state index is 0.0113. The molecule has 1 unspecified atom stereocenters. The van der Waals surface area contributed by atoms with Crippen molar-refractivity contribution in [3.8, 4) is 6.07 Å². The zero-order valence-electron chi connectivity index (χ0n) is 10.8. The summed E-state index contributed by atoms with van der Waals surface area (Å²) in [5, 5.41) is 8.78. The topological polar surface area (TPSA) is 36.3 Å². The number of rotatable bonds is 6. The van der Waals surface area contributed by atoms with Crippen molar-refractivity contribution in [1.29, 1.82) is 5.26 Å². The van der Waals surface area contributed by atoms with E-state index in [4.69, 9.17) is 10.00 Å². The largest absolute Gasteiger partial charge is 0.359 e. The predicted molar refractivity (Wildman–Crippen MR) is 68.4 cm³/mol. The lowest BCUT2D eigenvalue weighted by molar-refractivity contribution is -0.0530. The standard InChI is InChI=1S/C14H20N2O/c1-4-16(5-2)14(17-6-3)13-9-7-12(11-15)8-10-13/h7-10,14H,4-6H2,1-3H3. The smallest absolute Gasteiger partial charge is 0.136 e. The molecule has 0 heterocycles. The van der Waals surface area contributed by atoms with E-state index in [0.717, 1.165) is 18.7 Å². The molecule has 1 aromatic carbocycles. The second-order valence-electron chi connectivity index (χ2n) is 3.76. The maximum atomic E-state index is 8.78. The van der Waals surface area contributed by atoms with Crippen LogP contribution in [0.4, 0.5) is 0 Å². The van der Waals surface area contributed by atoms with Gasteiger partial charge in [-0.05, 0) is 37.7 Å². The molecule has 1 rings (SSSR count). The van der Waals surface area contributed by atoms with Crippen LogP contribution in [0.15, 0.2) is 24.3 Å². The summed E-state index contributed by atoms with van der Waals surface area (Å²) in [4.78, 5) is 2.25. The van der Waals surface area contributed by atoms with E-state index in [9.17, 15) is 0 Å². The molecule has 0 aromatic heterocycles. The summed E-state index contributed by atoms with van der Waals surface area (Å²) in [6.07, 6.45) is -0.0113. The molecule has 0 fully saturated rings. The molecule has 1 atom stereocenters. The van der Waals surface area contributed by atoms with Gasteiger partial charge in [-0.1, -0.05) is 26.0 Å². The third kappa shape index (κ3) is 3.55. The van der Waals surface area contributed by atoms with Gasteiger partial charge >= 0.3 is 0 Å². The van der Waals surface area contributed by atoms with Gasteiger partial charge in [-0.3, -0.25) is 4.90 Å². The Hall–Kier alpha value is -1.37. The summed E-state index contributed by atoms with van der Waals surface area (Å²) in [7, 11) is 0. The van der Waals surface area contributed by atoms with Crippen molar-refractivity contribution in [2.24, 2.45) is 0 Å². The van der Waals surface area contributed by atoms with Gasteiger partial charge in [0, 0.05) is 6.61 Å². The highest BCUT2D eigenvalue weighted by atomic mass is 16.5. The summed E-state index contributed by atoms with van der Waals surface area (Å²) < 4.78 is 5.79. The second-order valence-corrected chi connectivity index (χ2v) is 3.76. The van der Waals surface area contributed by atoms with Crippen LogP contribution in [0, 0.1) is 11.3 Å². The molecule has 3 heteroatoms. The molecule has 0 amide bonds. The molecule has 0 N–H and O–H groups in total. The van der Waals surface area contributed by atoms with E-state index in [1.807, 2.05) is 31.2 Å². The molecule has 17 heavy (non-hydrogen) atoms. The molecule has 0 saturated carbocycles. The molecular weight excluding hydrogens is 212 g/mol. The Balaban J connectivity index is 2.92. The number of hydrogen-bond acceptors (Lipinski definition) is 3. The van der Waals surface area contributed by atoms with Gasteiger partial charge in [-0.25, -0.2) is 0 Å². The summed E-state index contributed by atoms with van der Waals surface area (Å²) in [5.74, 6) is 0. The van der Waals surface area contributed by atoms with E-state index in [1.54, 1.807) is 0 Å². The van der Waals surface area contributed by atoms with Crippen LogP contribution in [-0.2, 0) is 4.74 Å². The molecule has 0 bridgehead atoms. The molecule has 0 radical (unpaired) electrons. The van der Waals surface area contributed by atoms with Crippen molar-refractivity contribution in [3.63, 3.8) is 0 Å². The molecule has 1 aromatic rings. The van der Waals surface area contributed by atoms with E-state index < -0.39 is 0 Å². The second kappa shape index (κ2) is 7.05.